The highest BCUT2D eigenvalue weighted by molar-refractivity contribution is 7.99. The van der Waals surface area contributed by atoms with E-state index in [-0.39, 0.29) is 10.8 Å². The second-order valence-electron chi connectivity index (χ2n) is 8.94. The monoisotopic (exact) mass is 340 g/mol. The molecule has 0 aliphatic carbocycles. The van der Waals surface area contributed by atoms with Gasteiger partial charge < -0.3 is 4.74 Å². The Kier molecular flexibility index (Phi) is 4.03. The van der Waals surface area contributed by atoms with Crippen LogP contribution in [0.3, 0.4) is 0 Å². The van der Waals surface area contributed by atoms with Gasteiger partial charge in [-0.05, 0) is 59.1 Å². The lowest BCUT2D eigenvalue weighted by Gasteiger charge is -2.28. The quantitative estimate of drug-likeness (QED) is 0.429. The number of benzene rings is 2. The summed E-state index contributed by atoms with van der Waals surface area (Å²) in [7, 11) is 0. The van der Waals surface area contributed by atoms with Gasteiger partial charge in [-0.2, -0.15) is 0 Å². The van der Waals surface area contributed by atoms with E-state index in [4.69, 9.17) is 4.74 Å². The van der Waals surface area contributed by atoms with E-state index in [0.29, 0.717) is 0 Å². The van der Waals surface area contributed by atoms with Crippen LogP contribution >= 0.6 is 11.8 Å². The van der Waals surface area contributed by atoms with E-state index in [1.165, 1.54) is 32.0 Å². The molecule has 0 fully saturated rings. The summed E-state index contributed by atoms with van der Waals surface area (Å²) in [4.78, 5) is 2.47. The van der Waals surface area contributed by atoms with Crippen LogP contribution in [0.4, 0.5) is 0 Å². The molecular weight excluding hydrogens is 312 g/mol. The standard InChI is InChI=1S/C22H28OS/c1-13-9-15(21(3,4)5)11-17-19(13)23-20-14(2)10-16(22(6,7)8)12-18(20)24-17/h9-12H,1-8H3. The molecule has 0 amide bonds. The largest absolute Gasteiger partial charge is 0.454 e. The molecule has 0 unspecified atom stereocenters. The molecule has 0 saturated heterocycles. The molecule has 24 heavy (non-hydrogen) atoms. The third-order valence-electron chi connectivity index (χ3n) is 4.64. The van der Waals surface area contributed by atoms with Crippen molar-refractivity contribution in [2.24, 2.45) is 0 Å². The zero-order chi connectivity index (χ0) is 17.9. The fourth-order valence-corrected chi connectivity index (χ4v) is 4.18. The van der Waals surface area contributed by atoms with Crippen LogP contribution < -0.4 is 4.74 Å². The van der Waals surface area contributed by atoms with Gasteiger partial charge in [-0.15, -0.1) is 0 Å². The maximum atomic E-state index is 6.35. The van der Waals surface area contributed by atoms with Gasteiger partial charge in [0.1, 0.15) is 11.5 Å². The molecule has 1 nitrogen and oxygen atoms in total. The first kappa shape index (κ1) is 17.4. The molecule has 128 valence electrons. The third kappa shape index (κ3) is 3.09. The van der Waals surface area contributed by atoms with E-state index in [1.807, 2.05) is 11.8 Å². The summed E-state index contributed by atoms with van der Waals surface area (Å²) >= 11 is 1.85. The van der Waals surface area contributed by atoms with Gasteiger partial charge in [-0.3, -0.25) is 0 Å². The second kappa shape index (κ2) is 5.56. The smallest absolute Gasteiger partial charge is 0.144 e. The fraction of sp³-hybridized carbons (Fsp3) is 0.455. The minimum absolute atomic E-state index is 0.143. The first-order valence-electron chi connectivity index (χ1n) is 8.63. The van der Waals surface area contributed by atoms with E-state index in [0.717, 1.165) is 11.5 Å². The molecule has 0 atom stereocenters. The Morgan fingerprint density at radius 1 is 0.667 bits per heavy atom. The van der Waals surface area contributed by atoms with Crippen molar-refractivity contribution in [3.05, 3.63) is 46.5 Å². The molecular formula is C22H28OS. The summed E-state index contributed by atoms with van der Waals surface area (Å²) in [6.45, 7) is 17.9. The minimum atomic E-state index is 0.143. The summed E-state index contributed by atoms with van der Waals surface area (Å²) in [5, 5.41) is 0. The fourth-order valence-electron chi connectivity index (χ4n) is 2.98. The highest BCUT2D eigenvalue weighted by Gasteiger charge is 2.26. The van der Waals surface area contributed by atoms with Crippen molar-refractivity contribution in [1.82, 2.24) is 0 Å². The minimum Gasteiger partial charge on any atom is -0.454 e. The lowest BCUT2D eigenvalue weighted by molar-refractivity contribution is 0.444. The van der Waals surface area contributed by atoms with E-state index in [1.54, 1.807) is 0 Å². The predicted octanol–water partition coefficient (Wildman–Crippen LogP) is 7.16. The third-order valence-corrected chi connectivity index (χ3v) is 5.68. The number of rotatable bonds is 0. The summed E-state index contributed by atoms with van der Waals surface area (Å²) in [5.74, 6) is 2.04. The van der Waals surface area contributed by atoms with Gasteiger partial charge >= 0.3 is 0 Å². The average Bonchev–Trinajstić information content (AvgIpc) is 2.43. The van der Waals surface area contributed by atoms with Crippen molar-refractivity contribution in [3.8, 4) is 11.5 Å². The Bertz CT molecular complexity index is 737. The molecule has 0 saturated carbocycles. The Morgan fingerprint density at radius 2 is 1.04 bits per heavy atom. The van der Waals surface area contributed by atoms with Gasteiger partial charge in [0.05, 0.1) is 9.79 Å². The highest BCUT2D eigenvalue weighted by Crippen LogP contribution is 2.51. The molecule has 3 rings (SSSR count). The van der Waals surface area contributed by atoms with Gasteiger partial charge in [0.2, 0.25) is 0 Å². The first-order chi connectivity index (χ1) is 11.0. The molecule has 0 bridgehead atoms. The van der Waals surface area contributed by atoms with Crippen molar-refractivity contribution in [3.63, 3.8) is 0 Å². The zero-order valence-electron chi connectivity index (χ0n) is 16.1. The van der Waals surface area contributed by atoms with Crippen molar-refractivity contribution in [1.29, 1.82) is 0 Å². The maximum Gasteiger partial charge on any atom is 0.144 e. The number of hydrogen-bond acceptors (Lipinski definition) is 2. The van der Waals surface area contributed by atoms with Crippen LogP contribution in [-0.2, 0) is 10.8 Å². The van der Waals surface area contributed by atoms with Crippen LogP contribution in [-0.4, -0.2) is 0 Å². The van der Waals surface area contributed by atoms with Crippen LogP contribution in [0.1, 0.15) is 63.8 Å². The molecule has 0 spiro atoms. The maximum absolute atomic E-state index is 6.35. The van der Waals surface area contributed by atoms with Gasteiger partial charge in [-0.1, -0.05) is 65.4 Å². The normalized spacial score (nSPS) is 14.0. The molecule has 0 N–H and O–H groups in total. The van der Waals surface area contributed by atoms with Gasteiger partial charge in [0, 0.05) is 0 Å². The summed E-state index contributed by atoms with van der Waals surface area (Å²) < 4.78 is 6.35. The van der Waals surface area contributed by atoms with Crippen LogP contribution in [0.2, 0.25) is 0 Å². The van der Waals surface area contributed by atoms with Crippen LogP contribution in [0, 0.1) is 13.8 Å². The van der Waals surface area contributed by atoms with Crippen LogP contribution in [0.25, 0.3) is 0 Å². The number of hydrogen-bond donors (Lipinski definition) is 0. The van der Waals surface area contributed by atoms with E-state index >= 15 is 0 Å². The van der Waals surface area contributed by atoms with Gasteiger partial charge in [0.25, 0.3) is 0 Å². The Hall–Kier alpha value is -1.41. The molecule has 2 aromatic rings. The zero-order valence-corrected chi connectivity index (χ0v) is 16.9. The molecule has 2 heteroatoms. The Labute approximate surface area is 150 Å². The van der Waals surface area contributed by atoms with Gasteiger partial charge in [0.15, 0.2) is 0 Å². The Morgan fingerprint density at radius 3 is 1.38 bits per heavy atom. The van der Waals surface area contributed by atoms with Crippen molar-refractivity contribution in [2.75, 3.05) is 0 Å². The molecule has 2 aromatic carbocycles. The summed E-state index contributed by atoms with van der Waals surface area (Å²) in [5.41, 5.74) is 5.45. The SMILES string of the molecule is Cc1cc(C(C)(C)C)cc2c1Oc1c(C)cc(C(C)(C)C)cc1S2. The lowest BCUT2D eigenvalue weighted by atomic mass is 9.86. The predicted molar refractivity (Wildman–Crippen MR) is 104 cm³/mol. The number of ether oxygens (including phenoxy) is 1. The molecule has 0 aromatic heterocycles. The molecule has 1 heterocycles. The molecule has 1 aliphatic rings. The van der Waals surface area contributed by atoms with Crippen molar-refractivity contribution in [2.45, 2.75) is 76.0 Å². The van der Waals surface area contributed by atoms with E-state index in [9.17, 15) is 0 Å². The van der Waals surface area contributed by atoms with Gasteiger partial charge in [-0.25, -0.2) is 0 Å². The number of fused-ring (bicyclic) bond motifs is 2. The first-order valence-corrected chi connectivity index (χ1v) is 9.44. The highest BCUT2D eigenvalue weighted by atomic mass is 32.2. The summed E-state index contributed by atoms with van der Waals surface area (Å²) in [6.07, 6.45) is 0. The van der Waals surface area contributed by atoms with Crippen LogP contribution in [0.15, 0.2) is 34.1 Å². The second-order valence-corrected chi connectivity index (χ2v) is 10.0. The number of aryl methyl sites for hydroxylation is 2. The van der Waals surface area contributed by atoms with E-state index < -0.39 is 0 Å². The summed E-state index contributed by atoms with van der Waals surface area (Å²) in [6, 6.07) is 9.14. The van der Waals surface area contributed by atoms with Crippen molar-refractivity contribution < 1.29 is 4.74 Å². The van der Waals surface area contributed by atoms with Crippen LogP contribution in [0.5, 0.6) is 11.5 Å². The lowest BCUT2D eigenvalue weighted by Crippen LogP contribution is -2.14. The topological polar surface area (TPSA) is 9.23 Å². The van der Waals surface area contributed by atoms with E-state index in [2.05, 4.69) is 79.7 Å². The van der Waals surface area contributed by atoms with Crippen molar-refractivity contribution >= 4 is 11.8 Å². The molecule has 0 radical (unpaired) electrons. The molecule has 1 aliphatic heterocycles. The average molecular weight is 341 g/mol. The Balaban J connectivity index is 2.12.